The monoisotopic (exact) mass is 716 g/mol. The molecule has 0 aliphatic carbocycles. The van der Waals surface area contributed by atoms with Crippen molar-refractivity contribution in [2.24, 2.45) is 0 Å². The molecule has 1 aromatic heterocycles. The zero-order valence-electron chi connectivity index (χ0n) is 30.6. The number of anilines is 3. The number of aromatic nitrogens is 1. The highest BCUT2D eigenvalue weighted by Gasteiger charge is 2.16. The minimum atomic E-state index is 0.633. The molecular weight excluding hydrogens is 681 g/mol. The molecule has 0 aliphatic rings. The van der Waals surface area contributed by atoms with Crippen molar-refractivity contribution < 1.29 is 4.42 Å². The van der Waals surface area contributed by atoms with Crippen LogP contribution >= 0.6 is 0 Å². The molecule has 1 heterocycles. The van der Waals surface area contributed by atoms with Gasteiger partial charge in [0.2, 0.25) is 5.89 Å². The Morgan fingerprint density at radius 2 is 0.732 bits per heavy atom. The van der Waals surface area contributed by atoms with Crippen molar-refractivity contribution in [2.75, 3.05) is 4.90 Å². The third-order valence-electron chi connectivity index (χ3n) is 10.5. The van der Waals surface area contributed by atoms with Crippen LogP contribution in [0, 0.1) is 0 Å². The standard InChI is InChI=1S/C53H36N2O/c1-4-11-37(12-5-1)40-23-30-46(31-24-40)55(47-32-25-41(26-33-47)38-13-6-2-7-14-38)48-34-27-42(28-35-48)39-19-21-43(22-20-39)49-18-10-17-44-29-36-50-52(51(44)49)56-53(54-50)45-15-8-3-9-16-45/h1-36H. The SMILES string of the molecule is c1ccc(-c2ccc(N(c3ccc(-c4ccccc4)cc3)c3ccc(-c4ccc(-c5cccc6ccc7nc(-c8ccccc8)oc7c56)cc4)cc3)cc2)cc1. The molecule has 3 nitrogen and oxygen atoms in total. The Bertz CT molecular complexity index is 2820. The van der Waals surface area contributed by atoms with Gasteiger partial charge in [-0.2, -0.15) is 0 Å². The van der Waals surface area contributed by atoms with Crippen LogP contribution in [0.25, 0.3) is 77.8 Å². The molecule has 0 N–H and O–H groups in total. The maximum Gasteiger partial charge on any atom is 0.227 e. The lowest BCUT2D eigenvalue weighted by atomic mass is 9.95. The minimum Gasteiger partial charge on any atom is -0.435 e. The van der Waals surface area contributed by atoms with E-state index in [1.165, 1.54) is 22.3 Å². The van der Waals surface area contributed by atoms with Gasteiger partial charge in [0.1, 0.15) is 5.52 Å². The molecule has 264 valence electrons. The Balaban J connectivity index is 0.974. The second-order valence-electron chi connectivity index (χ2n) is 14.0. The first kappa shape index (κ1) is 33.1. The molecule has 56 heavy (non-hydrogen) atoms. The summed E-state index contributed by atoms with van der Waals surface area (Å²) >= 11 is 0. The Hall–Kier alpha value is -7.49. The smallest absolute Gasteiger partial charge is 0.227 e. The highest BCUT2D eigenvalue weighted by atomic mass is 16.3. The molecule has 0 radical (unpaired) electrons. The Kier molecular flexibility index (Phi) is 8.51. The molecule has 0 unspecified atom stereocenters. The Labute approximate surface area is 326 Å². The van der Waals surface area contributed by atoms with Crippen molar-refractivity contribution in [1.29, 1.82) is 0 Å². The van der Waals surface area contributed by atoms with Crippen LogP contribution in [0.1, 0.15) is 0 Å². The lowest BCUT2D eigenvalue weighted by molar-refractivity contribution is 0.623. The average molecular weight is 717 g/mol. The van der Waals surface area contributed by atoms with Crippen molar-refractivity contribution in [3.05, 3.63) is 218 Å². The number of rotatable bonds is 8. The summed E-state index contributed by atoms with van der Waals surface area (Å²) < 4.78 is 6.45. The number of nitrogens with zero attached hydrogens (tertiary/aromatic N) is 2. The summed E-state index contributed by atoms with van der Waals surface area (Å²) in [6, 6.07) is 77.1. The molecule has 0 spiro atoms. The number of hydrogen-bond donors (Lipinski definition) is 0. The molecule has 0 saturated carbocycles. The van der Waals surface area contributed by atoms with Crippen LogP contribution in [0.3, 0.4) is 0 Å². The van der Waals surface area contributed by atoms with E-state index in [4.69, 9.17) is 9.40 Å². The second-order valence-corrected chi connectivity index (χ2v) is 14.0. The molecule has 0 atom stereocenters. The first-order valence-corrected chi connectivity index (χ1v) is 18.9. The summed E-state index contributed by atoms with van der Waals surface area (Å²) in [7, 11) is 0. The summed E-state index contributed by atoms with van der Waals surface area (Å²) in [5.74, 6) is 0.633. The Morgan fingerprint density at radius 3 is 1.21 bits per heavy atom. The van der Waals surface area contributed by atoms with E-state index in [2.05, 4.69) is 187 Å². The van der Waals surface area contributed by atoms with Crippen molar-refractivity contribution in [3.8, 4) is 56.0 Å². The summed E-state index contributed by atoms with van der Waals surface area (Å²) in [5.41, 5.74) is 15.3. The number of oxazole rings is 1. The Morgan fingerprint density at radius 1 is 0.321 bits per heavy atom. The fourth-order valence-electron chi connectivity index (χ4n) is 7.66. The van der Waals surface area contributed by atoms with Crippen LogP contribution in [-0.4, -0.2) is 4.98 Å². The third kappa shape index (κ3) is 6.31. The maximum atomic E-state index is 6.45. The molecular formula is C53H36N2O. The first-order chi connectivity index (χ1) is 27.7. The average Bonchev–Trinajstić information content (AvgIpc) is 3.73. The maximum absolute atomic E-state index is 6.45. The van der Waals surface area contributed by atoms with E-state index in [1.807, 2.05) is 36.4 Å². The van der Waals surface area contributed by atoms with Crippen molar-refractivity contribution in [3.63, 3.8) is 0 Å². The van der Waals surface area contributed by atoms with Gasteiger partial charge in [-0.1, -0.05) is 164 Å². The van der Waals surface area contributed by atoms with E-state index in [0.717, 1.165) is 66.8 Å². The van der Waals surface area contributed by atoms with E-state index >= 15 is 0 Å². The quantitative estimate of drug-likeness (QED) is 0.157. The van der Waals surface area contributed by atoms with Crippen LogP contribution in [0.15, 0.2) is 223 Å². The fraction of sp³-hybridized carbons (Fsp3) is 0. The molecule has 10 aromatic rings. The summed E-state index contributed by atoms with van der Waals surface area (Å²) in [6.45, 7) is 0. The van der Waals surface area contributed by atoms with Crippen molar-refractivity contribution in [1.82, 2.24) is 4.98 Å². The lowest BCUT2D eigenvalue weighted by Gasteiger charge is -2.26. The van der Waals surface area contributed by atoms with E-state index in [-0.39, 0.29) is 0 Å². The summed E-state index contributed by atoms with van der Waals surface area (Å²) in [5, 5.41) is 2.20. The van der Waals surface area contributed by atoms with E-state index in [1.54, 1.807) is 0 Å². The molecule has 0 fully saturated rings. The van der Waals surface area contributed by atoms with Gasteiger partial charge in [0.15, 0.2) is 5.58 Å². The van der Waals surface area contributed by atoms with Gasteiger partial charge in [-0.3, -0.25) is 0 Å². The first-order valence-electron chi connectivity index (χ1n) is 18.9. The zero-order valence-corrected chi connectivity index (χ0v) is 30.6. The fourth-order valence-corrected chi connectivity index (χ4v) is 7.66. The lowest BCUT2D eigenvalue weighted by Crippen LogP contribution is -2.09. The van der Waals surface area contributed by atoms with Crippen molar-refractivity contribution in [2.45, 2.75) is 0 Å². The topological polar surface area (TPSA) is 29.3 Å². The largest absolute Gasteiger partial charge is 0.435 e. The van der Waals surface area contributed by atoms with Crippen LogP contribution in [-0.2, 0) is 0 Å². The highest BCUT2D eigenvalue weighted by molar-refractivity contribution is 6.11. The molecule has 0 bridgehead atoms. The van der Waals surface area contributed by atoms with Crippen molar-refractivity contribution >= 4 is 38.9 Å². The van der Waals surface area contributed by atoms with Gasteiger partial charge in [-0.15, -0.1) is 0 Å². The van der Waals surface area contributed by atoms with Gasteiger partial charge in [0, 0.05) is 28.0 Å². The predicted octanol–water partition coefficient (Wildman–Crippen LogP) is 14.8. The molecule has 0 saturated heterocycles. The second kappa shape index (κ2) is 14.4. The molecule has 3 heteroatoms. The molecule has 10 rings (SSSR count). The van der Waals surface area contributed by atoms with Gasteiger partial charge >= 0.3 is 0 Å². The normalized spacial score (nSPS) is 11.2. The molecule has 0 amide bonds. The van der Waals surface area contributed by atoms with Crippen LogP contribution in [0.2, 0.25) is 0 Å². The number of benzene rings is 9. The van der Waals surface area contributed by atoms with Gasteiger partial charge < -0.3 is 9.32 Å². The van der Waals surface area contributed by atoms with Crippen LogP contribution < -0.4 is 4.90 Å². The van der Waals surface area contributed by atoms with E-state index in [0.29, 0.717) is 5.89 Å². The zero-order chi connectivity index (χ0) is 37.3. The van der Waals surface area contributed by atoms with Gasteiger partial charge in [0.25, 0.3) is 0 Å². The molecule has 9 aromatic carbocycles. The van der Waals surface area contributed by atoms with Gasteiger partial charge in [0.05, 0.1) is 0 Å². The summed E-state index contributed by atoms with van der Waals surface area (Å²) in [4.78, 5) is 7.17. The van der Waals surface area contributed by atoms with Crippen LogP contribution in [0.4, 0.5) is 17.1 Å². The van der Waals surface area contributed by atoms with E-state index < -0.39 is 0 Å². The predicted molar refractivity (Wildman–Crippen MR) is 233 cm³/mol. The highest BCUT2D eigenvalue weighted by Crippen LogP contribution is 2.40. The number of fused-ring (bicyclic) bond motifs is 3. The van der Waals surface area contributed by atoms with E-state index in [9.17, 15) is 0 Å². The molecule has 0 aliphatic heterocycles. The van der Waals surface area contributed by atoms with Gasteiger partial charge in [-0.05, 0) is 104 Å². The third-order valence-corrected chi connectivity index (χ3v) is 10.5. The van der Waals surface area contributed by atoms with Crippen LogP contribution in [0.5, 0.6) is 0 Å². The van der Waals surface area contributed by atoms with Gasteiger partial charge in [-0.25, -0.2) is 4.98 Å². The minimum absolute atomic E-state index is 0.633. The summed E-state index contributed by atoms with van der Waals surface area (Å²) in [6.07, 6.45) is 0. The number of hydrogen-bond acceptors (Lipinski definition) is 3.